The lowest BCUT2D eigenvalue weighted by Crippen LogP contribution is -2.29. The van der Waals surface area contributed by atoms with Crippen LogP contribution >= 0.6 is 0 Å². The van der Waals surface area contributed by atoms with E-state index in [9.17, 15) is 19.5 Å². The minimum atomic E-state index is -0.984. The highest BCUT2D eigenvalue weighted by Crippen LogP contribution is 2.45. The molecule has 4 rings (SSSR count). The Morgan fingerprint density at radius 3 is 2.44 bits per heavy atom. The van der Waals surface area contributed by atoms with E-state index >= 15 is 0 Å². The van der Waals surface area contributed by atoms with Crippen molar-refractivity contribution in [1.29, 1.82) is 0 Å². The Kier molecular flexibility index (Phi) is 8.04. The van der Waals surface area contributed by atoms with Gasteiger partial charge in [0.2, 0.25) is 5.91 Å². The summed E-state index contributed by atoms with van der Waals surface area (Å²) in [5.41, 5.74) is 2.58. The molecule has 0 radical (unpaired) electrons. The molecule has 2 amide bonds. The van der Waals surface area contributed by atoms with Gasteiger partial charge in [0.25, 0.3) is 11.7 Å². The number of nitrogens with one attached hydrogen (secondary N) is 1. The first kappa shape index (κ1) is 27.4. The summed E-state index contributed by atoms with van der Waals surface area (Å²) in [6, 6.07) is 17.9. The summed E-state index contributed by atoms with van der Waals surface area (Å²) >= 11 is 0. The summed E-state index contributed by atoms with van der Waals surface area (Å²) < 4.78 is 11.3. The molecule has 3 aromatic carbocycles. The smallest absolute Gasteiger partial charge is 0.300 e. The maximum atomic E-state index is 13.6. The zero-order chi connectivity index (χ0) is 28.3. The Morgan fingerprint density at radius 2 is 1.77 bits per heavy atom. The lowest BCUT2D eigenvalue weighted by molar-refractivity contribution is -0.132. The second-order valence-electron chi connectivity index (χ2n) is 9.48. The van der Waals surface area contributed by atoms with Crippen molar-refractivity contribution in [3.8, 4) is 11.5 Å². The van der Waals surface area contributed by atoms with Gasteiger partial charge in [0.15, 0.2) is 0 Å². The molecule has 8 nitrogen and oxygen atoms in total. The van der Waals surface area contributed by atoms with E-state index in [-0.39, 0.29) is 23.2 Å². The SMILES string of the molecule is CCOc1ccc(/C(O)=C2\C(=O)C(=O)N(c3cccc(NC(C)=O)c3)C2c2ccccc2OC)cc1C(C)C. The first-order chi connectivity index (χ1) is 18.7. The summed E-state index contributed by atoms with van der Waals surface area (Å²) in [6.45, 7) is 7.79. The van der Waals surface area contributed by atoms with Crippen molar-refractivity contribution < 1.29 is 29.0 Å². The molecule has 1 saturated heterocycles. The van der Waals surface area contributed by atoms with Crippen molar-refractivity contribution in [2.45, 2.75) is 39.7 Å². The average Bonchev–Trinajstić information content (AvgIpc) is 3.18. The monoisotopic (exact) mass is 528 g/mol. The van der Waals surface area contributed by atoms with Crippen LogP contribution in [0.2, 0.25) is 0 Å². The van der Waals surface area contributed by atoms with Gasteiger partial charge in [-0.1, -0.05) is 38.1 Å². The van der Waals surface area contributed by atoms with Crippen molar-refractivity contribution >= 4 is 34.7 Å². The third-order valence-electron chi connectivity index (χ3n) is 6.53. The lowest BCUT2D eigenvalue weighted by Gasteiger charge is -2.27. The molecular formula is C31H32N2O6. The van der Waals surface area contributed by atoms with Crippen LogP contribution < -0.4 is 19.7 Å². The van der Waals surface area contributed by atoms with Crippen LogP contribution in [0.5, 0.6) is 11.5 Å². The van der Waals surface area contributed by atoms with Gasteiger partial charge >= 0.3 is 0 Å². The first-order valence-electron chi connectivity index (χ1n) is 12.8. The van der Waals surface area contributed by atoms with Crippen molar-refractivity contribution in [1.82, 2.24) is 0 Å². The summed E-state index contributed by atoms with van der Waals surface area (Å²) in [6.07, 6.45) is 0. The maximum absolute atomic E-state index is 13.6. The number of para-hydroxylation sites is 1. The van der Waals surface area contributed by atoms with E-state index in [1.54, 1.807) is 66.7 Å². The predicted molar refractivity (Wildman–Crippen MR) is 150 cm³/mol. The highest BCUT2D eigenvalue weighted by atomic mass is 16.5. The van der Waals surface area contributed by atoms with Gasteiger partial charge in [0.05, 0.1) is 25.3 Å². The number of aliphatic hydroxyl groups excluding tert-OH is 1. The average molecular weight is 529 g/mol. The first-order valence-corrected chi connectivity index (χ1v) is 12.8. The number of methoxy groups -OCH3 is 1. The number of Topliss-reactive ketones (excluding diaryl/α,β-unsaturated/α-hetero) is 1. The van der Waals surface area contributed by atoms with E-state index in [1.807, 2.05) is 20.8 Å². The number of benzene rings is 3. The topological polar surface area (TPSA) is 105 Å². The number of carbonyl (C=O) groups is 3. The van der Waals surface area contributed by atoms with Crippen molar-refractivity contribution in [3.63, 3.8) is 0 Å². The van der Waals surface area contributed by atoms with Gasteiger partial charge in [0.1, 0.15) is 17.3 Å². The molecular weight excluding hydrogens is 496 g/mol. The Morgan fingerprint density at radius 1 is 1.03 bits per heavy atom. The molecule has 0 aliphatic carbocycles. The second kappa shape index (κ2) is 11.4. The van der Waals surface area contributed by atoms with Gasteiger partial charge in [0, 0.05) is 29.4 Å². The van der Waals surface area contributed by atoms with Crippen LogP contribution in [0, 0.1) is 0 Å². The van der Waals surface area contributed by atoms with E-state index in [2.05, 4.69) is 5.32 Å². The third-order valence-corrected chi connectivity index (χ3v) is 6.53. The van der Waals surface area contributed by atoms with Crippen LogP contribution in [-0.4, -0.2) is 36.4 Å². The number of aliphatic hydroxyl groups is 1. The van der Waals surface area contributed by atoms with E-state index in [0.717, 1.165) is 5.56 Å². The number of amides is 2. The molecule has 1 aliphatic heterocycles. The summed E-state index contributed by atoms with van der Waals surface area (Å²) in [5, 5.41) is 14.3. The zero-order valence-electron chi connectivity index (χ0n) is 22.6. The zero-order valence-corrected chi connectivity index (χ0v) is 22.6. The van der Waals surface area contributed by atoms with Crippen LogP contribution in [0.3, 0.4) is 0 Å². The molecule has 0 saturated carbocycles. The molecule has 202 valence electrons. The molecule has 0 aromatic heterocycles. The third kappa shape index (κ3) is 5.36. The standard InChI is InChI=1S/C31H32N2O6/c1-6-39-26-15-14-20(16-24(26)18(2)3)29(35)27-28(23-12-7-8-13-25(23)38-5)33(31(37)30(27)36)22-11-9-10-21(17-22)32-19(4)34/h7-18,28,35H,6H2,1-5H3,(H,32,34)/b29-27+. The van der Waals surface area contributed by atoms with Gasteiger partial charge in [-0.25, -0.2) is 0 Å². The molecule has 1 unspecified atom stereocenters. The molecule has 39 heavy (non-hydrogen) atoms. The van der Waals surface area contributed by atoms with E-state index in [0.29, 0.717) is 40.6 Å². The van der Waals surface area contributed by atoms with Crippen LogP contribution in [0.4, 0.5) is 11.4 Å². The fourth-order valence-corrected chi connectivity index (χ4v) is 4.81. The quantitative estimate of drug-likeness (QED) is 0.217. The van der Waals surface area contributed by atoms with Crippen molar-refractivity contribution in [3.05, 3.63) is 89.0 Å². The highest BCUT2D eigenvalue weighted by molar-refractivity contribution is 6.51. The number of hydrogen-bond donors (Lipinski definition) is 2. The van der Waals surface area contributed by atoms with E-state index in [1.165, 1.54) is 18.9 Å². The molecule has 1 atom stereocenters. The number of anilines is 2. The predicted octanol–water partition coefficient (Wildman–Crippen LogP) is 5.80. The number of hydrogen-bond acceptors (Lipinski definition) is 6. The fourth-order valence-electron chi connectivity index (χ4n) is 4.81. The molecule has 2 N–H and O–H groups in total. The Bertz CT molecular complexity index is 1460. The molecule has 1 fully saturated rings. The molecule has 0 spiro atoms. The fraction of sp³-hybridized carbons (Fsp3) is 0.258. The summed E-state index contributed by atoms with van der Waals surface area (Å²) in [4.78, 5) is 40.1. The normalized spacial score (nSPS) is 16.5. The minimum absolute atomic E-state index is 0.0618. The van der Waals surface area contributed by atoms with Crippen LogP contribution in [0.25, 0.3) is 5.76 Å². The summed E-state index contributed by atoms with van der Waals surface area (Å²) in [5.74, 6) is -0.964. The largest absolute Gasteiger partial charge is 0.507 e. The minimum Gasteiger partial charge on any atom is -0.507 e. The van der Waals surface area contributed by atoms with Gasteiger partial charge in [-0.3, -0.25) is 19.3 Å². The molecule has 0 bridgehead atoms. The Hall–Kier alpha value is -4.59. The number of ketones is 1. The molecule has 8 heteroatoms. The van der Waals surface area contributed by atoms with Crippen molar-refractivity contribution in [2.24, 2.45) is 0 Å². The summed E-state index contributed by atoms with van der Waals surface area (Å²) in [7, 11) is 1.50. The molecule has 3 aromatic rings. The van der Waals surface area contributed by atoms with Gasteiger partial charge < -0.3 is 19.9 Å². The Balaban J connectivity index is 1.95. The highest BCUT2D eigenvalue weighted by Gasteiger charge is 2.48. The van der Waals surface area contributed by atoms with Crippen LogP contribution in [0.1, 0.15) is 56.3 Å². The number of ether oxygens (including phenoxy) is 2. The maximum Gasteiger partial charge on any atom is 0.300 e. The molecule has 1 aliphatic rings. The van der Waals surface area contributed by atoms with Crippen molar-refractivity contribution in [2.75, 3.05) is 23.9 Å². The van der Waals surface area contributed by atoms with Gasteiger partial charge in [-0.2, -0.15) is 0 Å². The number of nitrogens with zero attached hydrogens (tertiary/aromatic N) is 1. The van der Waals surface area contributed by atoms with Gasteiger partial charge in [-0.05, 0) is 60.9 Å². The molecule has 1 heterocycles. The van der Waals surface area contributed by atoms with E-state index in [4.69, 9.17) is 9.47 Å². The number of rotatable bonds is 8. The lowest BCUT2D eigenvalue weighted by atomic mass is 9.92. The van der Waals surface area contributed by atoms with Gasteiger partial charge in [-0.15, -0.1) is 0 Å². The number of carbonyl (C=O) groups excluding carboxylic acids is 3. The Labute approximate surface area is 227 Å². The van der Waals surface area contributed by atoms with E-state index < -0.39 is 17.7 Å². The van der Waals surface area contributed by atoms with Crippen LogP contribution in [0.15, 0.2) is 72.3 Å². The second-order valence-corrected chi connectivity index (χ2v) is 9.48. The van der Waals surface area contributed by atoms with Crippen LogP contribution in [-0.2, 0) is 14.4 Å².